The number of rotatable bonds is 3. The first-order chi connectivity index (χ1) is 11.0. The Morgan fingerprint density at radius 2 is 1.91 bits per heavy atom. The number of aryl methyl sites for hydroxylation is 1. The van der Waals surface area contributed by atoms with Crippen molar-refractivity contribution in [3.8, 4) is 5.69 Å². The molecule has 120 valence electrons. The quantitative estimate of drug-likeness (QED) is 0.948. The van der Waals surface area contributed by atoms with Crippen molar-refractivity contribution < 1.29 is 9.59 Å². The predicted molar refractivity (Wildman–Crippen MR) is 88.2 cm³/mol. The lowest BCUT2D eigenvalue weighted by Crippen LogP contribution is -2.30. The predicted octanol–water partition coefficient (Wildman–Crippen LogP) is 2.84. The smallest absolute Gasteiger partial charge is 0.251 e. The second kappa shape index (κ2) is 5.99. The molecule has 23 heavy (non-hydrogen) atoms. The first kappa shape index (κ1) is 15.5. The van der Waals surface area contributed by atoms with Crippen molar-refractivity contribution in [2.45, 2.75) is 46.1 Å². The molecule has 1 aliphatic carbocycles. The molecule has 1 N–H and O–H groups in total. The van der Waals surface area contributed by atoms with Crippen LogP contribution in [0.15, 0.2) is 24.3 Å². The molecule has 0 spiro atoms. The molecule has 5 heteroatoms. The standard InChI is InChI=1S/C18H21N3O2/c1-11(2)19-18(23)13-7-9-14(10-8-13)21-15-5-4-6-16(22)17(15)12(3)20-21/h7-11H,4-6H2,1-3H3,(H,19,23). The highest BCUT2D eigenvalue weighted by Gasteiger charge is 2.25. The number of carbonyl (C=O) groups is 2. The summed E-state index contributed by atoms with van der Waals surface area (Å²) in [5.41, 5.74) is 4.05. The van der Waals surface area contributed by atoms with E-state index in [1.54, 1.807) is 12.1 Å². The molecule has 0 saturated carbocycles. The van der Waals surface area contributed by atoms with Crippen LogP contribution >= 0.6 is 0 Å². The molecule has 1 aliphatic rings. The van der Waals surface area contributed by atoms with E-state index in [2.05, 4.69) is 10.4 Å². The number of ketones is 1. The van der Waals surface area contributed by atoms with Gasteiger partial charge in [0.25, 0.3) is 5.91 Å². The molecule has 0 bridgehead atoms. The van der Waals surface area contributed by atoms with Crippen molar-refractivity contribution in [1.29, 1.82) is 0 Å². The molecule has 1 amide bonds. The van der Waals surface area contributed by atoms with Crippen LogP contribution in [-0.4, -0.2) is 27.5 Å². The second-order valence-corrected chi connectivity index (χ2v) is 6.27. The van der Waals surface area contributed by atoms with E-state index in [1.165, 1.54) is 0 Å². The lowest BCUT2D eigenvalue weighted by molar-refractivity contribution is 0.0941. The van der Waals surface area contributed by atoms with Gasteiger partial charge in [-0.25, -0.2) is 4.68 Å². The summed E-state index contributed by atoms with van der Waals surface area (Å²) in [4.78, 5) is 24.1. The summed E-state index contributed by atoms with van der Waals surface area (Å²) in [6.45, 7) is 5.74. The lowest BCUT2D eigenvalue weighted by atomic mass is 9.94. The number of aromatic nitrogens is 2. The molecule has 3 rings (SSSR count). The van der Waals surface area contributed by atoms with Crippen LogP contribution in [0, 0.1) is 6.92 Å². The third kappa shape index (κ3) is 2.91. The third-order valence-corrected chi connectivity index (χ3v) is 4.05. The van der Waals surface area contributed by atoms with Gasteiger partial charge >= 0.3 is 0 Å². The maximum atomic E-state index is 12.1. The molecule has 0 radical (unpaired) electrons. The molecule has 0 aliphatic heterocycles. The van der Waals surface area contributed by atoms with Crippen LogP contribution < -0.4 is 5.32 Å². The highest BCUT2D eigenvalue weighted by Crippen LogP contribution is 2.26. The minimum absolute atomic E-state index is 0.0830. The van der Waals surface area contributed by atoms with Crippen LogP contribution in [0.1, 0.15) is 58.8 Å². The Balaban J connectivity index is 1.93. The van der Waals surface area contributed by atoms with Crippen LogP contribution in [0.3, 0.4) is 0 Å². The number of nitrogens with zero attached hydrogens (tertiary/aromatic N) is 2. The molecule has 1 aromatic carbocycles. The Morgan fingerprint density at radius 1 is 1.22 bits per heavy atom. The summed E-state index contributed by atoms with van der Waals surface area (Å²) in [7, 11) is 0. The van der Waals surface area contributed by atoms with Crippen LogP contribution in [0.25, 0.3) is 5.69 Å². The fourth-order valence-electron chi connectivity index (χ4n) is 3.02. The Morgan fingerprint density at radius 3 is 2.57 bits per heavy atom. The number of fused-ring (bicyclic) bond motifs is 1. The summed E-state index contributed by atoms with van der Waals surface area (Å²) >= 11 is 0. The summed E-state index contributed by atoms with van der Waals surface area (Å²) in [6, 6.07) is 7.44. The van der Waals surface area contributed by atoms with Crippen molar-refractivity contribution in [3.05, 3.63) is 46.8 Å². The number of nitrogens with one attached hydrogen (secondary N) is 1. The molecular weight excluding hydrogens is 290 g/mol. The number of hydrogen-bond acceptors (Lipinski definition) is 3. The number of amides is 1. The molecule has 5 nitrogen and oxygen atoms in total. The van der Waals surface area contributed by atoms with Gasteiger partial charge in [-0.1, -0.05) is 0 Å². The molecule has 0 fully saturated rings. The summed E-state index contributed by atoms with van der Waals surface area (Å²) in [5.74, 6) is 0.100. The minimum atomic E-state index is -0.0830. The normalized spacial score (nSPS) is 14.0. The molecule has 2 aromatic rings. The van der Waals surface area contributed by atoms with Crippen LogP contribution in [0.5, 0.6) is 0 Å². The van der Waals surface area contributed by atoms with Gasteiger partial charge in [0, 0.05) is 18.0 Å². The van der Waals surface area contributed by atoms with Crippen molar-refractivity contribution in [2.24, 2.45) is 0 Å². The SMILES string of the molecule is Cc1nn(-c2ccc(C(=O)NC(C)C)cc2)c2c1C(=O)CCC2. The number of Topliss-reactive ketones (excluding diaryl/α,β-unsaturated/α-hetero) is 1. The van der Waals surface area contributed by atoms with Gasteiger partial charge in [0.2, 0.25) is 0 Å². The minimum Gasteiger partial charge on any atom is -0.350 e. The molecular formula is C18H21N3O2. The van der Waals surface area contributed by atoms with Gasteiger partial charge in [0.15, 0.2) is 5.78 Å². The molecule has 1 aromatic heterocycles. The van der Waals surface area contributed by atoms with Gasteiger partial charge in [0.05, 0.1) is 22.6 Å². The van der Waals surface area contributed by atoms with E-state index in [4.69, 9.17) is 0 Å². The van der Waals surface area contributed by atoms with Crippen LogP contribution in [0.4, 0.5) is 0 Å². The molecule has 0 atom stereocenters. The fraction of sp³-hybridized carbons (Fsp3) is 0.389. The van der Waals surface area contributed by atoms with Crippen molar-refractivity contribution in [2.75, 3.05) is 0 Å². The van der Waals surface area contributed by atoms with E-state index < -0.39 is 0 Å². The van der Waals surface area contributed by atoms with Crippen molar-refractivity contribution >= 4 is 11.7 Å². The topological polar surface area (TPSA) is 64.0 Å². The maximum Gasteiger partial charge on any atom is 0.251 e. The van der Waals surface area contributed by atoms with Crippen molar-refractivity contribution in [3.63, 3.8) is 0 Å². The van der Waals surface area contributed by atoms with Crippen LogP contribution in [-0.2, 0) is 6.42 Å². The number of carbonyl (C=O) groups excluding carboxylic acids is 2. The van der Waals surface area contributed by atoms with E-state index in [-0.39, 0.29) is 17.7 Å². The van der Waals surface area contributed by atoms with E-state index in [1.807, 2.05) is 37.6 Å². The van der Waals surface area contributed by atoms with Crippen molar-refractivity contribution in [1.82, 2.24) is 15.1 Å². The van der Waals surface area contributed by atoms with E-state index in [0.29, 0.717) is 12.0 Å². The number of benzene rings is 1. The number of hydrogen-bond donors (Lipinski definition) is 1. The van der Waals surface area contributed by atoms with Gasteiger partial charge in [-0.15, -0.1) is 0 Å². The van der Waals surface area contributed by atoms with Gasteiger partial charge in [0.1, 0.15) is 0 Å². The largest absolute Gasteiger partial charge is 0.350 e. The second-order valence-electron chi connectivity index (χ2n) is 6.27. The molecule has 1 heterocycles. The Bertz CT molecular complexity index is 757. The average molecular weight is 311 g/mol. The summed E-state index contributed by atoms with van der Waals surface area (Å²) < 4.78 is 1.84. The Labute approximate surface area is 135 Å². The highest BCUT2D eigenvalue weighted by atomic mass is 16.1. The summed E-state index contributed by atoms with van der Waals surface area (Å²) in [5, 5.41) is 7.40. The zero-order valence-corrected chi connectivity index (χ0v) is 13.7. The van der Waals surface area contributed by atoms with Gasteiger partial charge in [-0.05, 0) is 57.9 Å². The maximum absolute atomic E-state index is 12.1. The molecule has 0 saturated heterocycles. The lowest BCUT2D eigenvalue weighted by Gasteiger charge is -2.14. The highest BCUT2D eigenvalue weighted by molar-refractivity contribution is 5.99. The monoisotopic (exact) mass is 311 g/mol. The van der Waals surface area contributed by atoms with E-state index in [9.17, 15) is 9.59 Å². The van der Waals surface area contributed by atoms with Gasteiger partial charge in [-0.2, -0.15) is 5.10 Å². The average Bonchev–Trinajstić information content (AvgIpc) is 2.85. The van der Waals surface area contributed by atoms with Crippen LogP contribution in [0.2, 0.25) is 0 Å². The summed E-state index contributed by atoms with van der Waals surface area (Å²) in [6.07, 6.45) is 2.33. The zero-order valence-electron chi connectivity index (χ0n) is 13.7. The van der Waals surface area contributed by atoms with Gasteiger partial charge < -0.3 is 5.32 Å². The van der Waals surface area contributed by atoms with Gasteiger partial charge in [-0.3, -0.25) is 9.59 Å². The fourth-order valence-corrected chi connectivity index (χ4v) is 3.02. The Kier molecular flexibility index (Phi) is 4.03. The first-order valence-corrected chi connectivity index (χ1v) is 8.00. The molecule has 0 unspecified atom stereocenters. The zero-order chi connectivity index (χ0) is 16.6. The Hall–Kier alpha value is -2.43. The van der Waals surface area contributed by atoms with E-state index >= 15 is 0 Å². The van der Waals surface area contributed by atoms with E-state index in [0.717, 1.165) is 35.5 Å². The first-order valence-electron chi connectivity index (χ1n) is 8.00. The third-order valence-electron chi connectivity index (χ3n) is 4.05.